The molecule has 0 N–H and O–H groups in total. The molecule has 0 aliphatic carbocycles. The van der Waals surface area contributed by atoms with Crippen LogP contribution in [0.2, 0.25) is 0 Å². The number of hydrogen-bond acceptors (Lipinski definition) is 2. The topological polar surface area (TPSA) is 32.3 Å². The highest BCUT2D eigenvalue weighted by Gasteiger charge is 2.10. The highest BCUT2D eigenvalue weighted by molar-refractivity contribution is 4.30. The number of rotatable bonds is 5. The van der Waals surface area contributed by atoms with Crippen LogP contribution in [0.4, 0.5) is 0 Å². The molecule has 0 saturated carbocycles. The van der Waals surface area contributed by atoms with E-state index in [1.807, 2.05) is 0 Å². The van der Waals surface area contributed by atoms with Gasteiger partial charge in [0.05, 0.1) is 27.2 Å². The SMILES string of the molecule is CCC[N+](C)(C)CCO[O-]. The molecule has 0 aliphatic rings. The van der Waals surface area contributed by atoms with Gasteiger partial charge in [0.15, 0.2) is 0 Å². The predicted molar refractivity (Wildman–Crippen MR) is 38.1 cm³/mol. The first-order valence-electron chi connectivity index (χ1n) is 3.69. The lowest BCUT2D eigenvalue weighted by atomic mass is 10.4. The van der Waals surface area contributed by atoms with Crippen molar-refractivity contribution in [3.05, 3.63) is 0 Å². The van der Waals surface area contributed by atoms with Crippen LogP contribution in [-0.4, -0.2) is 38.3 Å². The van der Waals surface area contributed by atoms with E-state index in [1.165, 1.54) is 0 Å². The van der Waals surface area contributed by atoms with Crippen molar-refractivity contribution in [1.82, 2.24) is 0 Å². The molecular weight excluding hydrogens is 130 g/mol. The number of likely N-dealkylation sites (N-methyl/N-ethyl adjacent to an activating group) is 1. The first-order chi connectivity index (χ1) is 4.62. The Bertz CT molecular complexity index is 83.7. The third kappa shape index (κ3) is 4.73. The van der Waals surface area contributed by atoms with Crippen LogP contribution in [0.1, 0.15) is 13.3 Å². The molecule has 0 spiro atoms. The summed E-state index contributed by atoms with van der Waals surface area (Å²) in [4.78, 5) is 3.76. The van der Waals surface area contributed by atoms with E-state index in [9.17, 15) is 5.26 Å². The van der Waals surface area contributed by atoms with Gasteiger partial charge in [0.2, 0.25) is 0 Å². The van der Waals surface area contributed by atoms with Crippen LogP contribution in [0.25, 0.3) is 0 Å². The van der Waals surface area contributed by atoms with E-state index in [2.05, 4.69) is 25.9 Å². The molecule has 0 aromatic carbocycles. The van der Waals surface area contributed by atoms with Gasteiger partial charge in [-0.25, -0.2) is 0 Å². The van der Waals surface area contributed by atoms with Gasteiger partial charge in [-0.2, -0.15) is 0 Å². The monoisotopic (exact) mass is 147 g/mol. The molecule has 0 aliphatic heterocycles. The molecule has 0 fully saturated rings. The summed E-state index contributed by atoms with van der Waals surface area (Å²) < 4.78 is 0.874. The molecule has 3 heteroatoms. The minimum absolute atomic E-state index is 0.312. The van der Waals surface area contributed by atoms with Gasteiger partial charge in [-0.15, -0.1) is 0 Å². The second-order valence-corrected chi connectivity index (χ2v) is 3.20. The molecule has 0 bridgehead atoms. The fraction of sp³-hybridized carbons (Fsp3) is 1.00. The molecule has 0 atom stereocenters. The van der Waals surface area contributed by atoms with Crippen LogP contribution < -0.4 is 5.26 Å². The molecule has 0 saturated heterocycles. The summed E-state index contributed by atoms with van der Waals surface area (Å²) in [6.07, 6.45) is 1.14. The zero-order valence-electron chi connectivity index (χ0n) is 7.09. The van der Waals surface area contributed by atoms with Gasteiger partial charge in [-0.05, 0) is 6.42 Å². The molecule has 0 amide bonds. The average Bonchev–Trinajstić information content (AvgIpc) is 1.84. The molecule has 10 heavy (non-hydrogen) atoms. The summed E-state index contributed by atoms with van der Waals surface area (Å²) in [6.45, 7) is 4.35. The fourth-order valence-corrected chi connectivity index (χ4v) is 1.00. The Balaban J connectivity index is 3.42. The third-order valence-electron chi connectivity index (χ3n) is 1.61. The van der Waals surface area contributed by atoms with Crippen LogP contribution in [0.5, 0.6) is 0 Å². The minimum Gasteiger partial charge on any atom is -0.723 e. The average molecular weight is 147 g/mol. The van der Waals surface area contributed by atoms with Gasteiger partial charge in [0.1, 0.15) is 6.54 Å². The minimum atomic E-state index is 0.312. The molecular formula is C7H17NO2. The van der Waals surface area contributed by atoms with Crippen molar-refractivity contribution < 1.29 is 14.6 Å². The number of quaternary nitrogens is 1. The molecule has 0 rings (SSSR count). The molecule has 0 aromatic rings. The van der Waals surface area contributed by atoms with Crippen LogP contribution in [0.3, 0.4) is 0 Å². The molecule has 0 unspecified atom stereocenters. The van der Waals surface area contributed by atoms with Crippen molar-refractivity contribution >= 4 is 0 Å². The smallest absolute Gasteiger partial charge is 0.101 e. The summed E-state index contributed by atoms with van der Waals surface area (Å²) in [5.74, 6) is 0. The summed E-state index contributed by atoms with van der Waals surface area (Å²) in [5.41, 5.74) is 0. The Morgan fingerprint density at radius 3 is 2.30 bits per heavy atom. The van der Waals surface area contributed by atoms with Gasteiger partial charge in [0, 0.05) is 0 Å². The lowest BCUT2D eigenvalue weighted by Gasteiger charge is -2.29. The van der Waals surface area contributed by atoms with Crippen LogP contribution >= 0.6 is 0 Å². The maximum absolute atomic E-state index is 9.67. The van der Waals surface area contributed by atoms with E-state index >= 15 is 0 Å². The van der Waals surface area contributed by atoms with E-state index in [4.69, 9.17) is 0 Å². The summed E-state index contributed by atoms with van der Waals surface area (Å²) in [5, 5.41) is 9.67. The van der Waals surface area contributed by atoms with Crippen LogP contribution in [0, 0.1) is 0 Å². The Hall–Kier alpha value is -0.120. The third-order valence-corrected chi connectivity index (χ3v) is 1.61. The Morgan fingerprint density at radius 2 is 1.90 bits per heavy atom. The van der Waals surface area contributed by atoms with Crippen molar-refractivity contribution in [2.75, 3.05) is 33.8 Å². The van der Waals surface area contributed by atoms with Gasteiger partial charge in [-0.1, -0.05) is 6.92 Å². The molecule has 62 valence electrons. The zero-order valence-corrected chi connectivity index (χ0v) is 7.09. The van der Waals surface area contributed by atoms with E-state index in [1.54, 1.807) is 0 Å². The van der Waals surface area contributed by atoms with Gasteiger partial charge >= 0.3 is 0 Å². The van der Waals surface area contributed by atoms with Crippen molar-refractivity contribution in [2.24, 2.45) is 0 Å². The first kappa shape index (κ1) is 9.88. The van der Waals surface area contributed by atoms with Crippen LogP contribution in [0.15, 0.2) is 0 Å². The molecule has 0 heterocycles. The van der Waals surface area contributed by atoms with E-state index < -0.39 is 0 Å². The quantitative estimate of drug-likeness (QED) is 0.305. The van der Waals surface area contributed by atoms with E-state index in [0.29, 0.717) is 6.61 Å². The van der Waals surface area contributed by atoms with E-state index in [0.717, 1.165) is 24.0 Å². The Morgan fingerprint density at radius 1 is 1.30 bits per heavy atom. The lowest BCUT2D eigenvalue weighted by molar-refractivity contribution is -0.895. The number of nitrogens with zero attached hydrogens (tertiary/aromatic N) is 1. The lowest BCUT2D eigenvalue weighted by Crippen LogP contribution is -2.43. The predicted octanol–water partition coefficient (Wildman–Crippen LogP) is -0.235. The Kier molecular flexibility index (Phi) is 4.60. The zero-order chi connectivity index (χ0) is 8.04. The fourth-order valence-electron chi connectivity index (χ4n) is 1.00. The number of hydrogen-bond donors (Lipinski definition) is 0. The van der Waals surface area contributed by atoms with E-state index in [-0.39, 0.29) is 0 Å². The largest absolute Gasteiger partial charge is 0.723 e. The summed E-state index contributed by atoms with van der Waals surface area (Å²) in [6, 6.07) is 0. The van der Waals surface area contributed by atoms with Crippen molar-refractivity contribution in [2.45, 2.75) is 13.3 Å². The van der Waals surface area contributed by atoms with Crippen LogP contribution in [-0.2, 0) is 4.89 Å². The van der Waals surface area contributed by atoms with Crippen molar-refractivity contribution in [3.8, 4) is 0 Å². The molecule has 3 nitrogen and oxygen atoms in total. The van der Waals surface area contributed by atoms with Gasteiger partial charge < -0.3 is 14.6 Å². The van der Waals surface area contributed by atoms with Crippen molar-refractivity contribution in [1.29, 1.82) is 0 Å². The normalized spacial score (nSPS) is 12.0. The molecule has 0 radical (unpaired) electrons. The standard InChI is InChI=1S/C7H17NO2/c1-4-5-8(2,3)6-7-10-9/h4-7H2,1-3H3. The maximum atomic E-state index is 9.67. The molecule has 0 aromatic heterocycles. The van der Waals surface area contributed by atoms with Gasteiger partial charge in [0.25, 0.3) is 0 Å². The first-order valence-corrected chi connectivity index (χ1v) is 3.69. The highest BCUT2D eigenvalue weighted by Crippen LogP contribution is 1.97. The Labute approximate surface area is 62.7 Å². The highest BCUT2D eigenvalue weighted by atomic mass is 17.1. The summed E-state index contributed by atoms with van der Waals surface area (Å²) >= 11 is 0. The maximum Gasteiger partial charge on any atom is 0.101 e. The van der Waals surface area contributed by atoms with Gasteiger partial charge in [-0.3, -0.25) is 0 Å². The second kappa shape index (κ2) is 4.66. The summed E-state index contributed by atoms with van der Waals surface area (Å²) in [7, 11) is 4.20. The second-order valence-electron chi connectivity index (χ2n) is 3.20. The van der Waals surface area contributed by atoms with Crippen molar-refractivity contribution in [3.63, 3.8) is 0 Å².